The number of anilines is 1. The zero-order chi connectivity index (χ0) is 30.5. The first-order chi connectivity index (χ1) is 19.1. The average Bonchev–Trinajstić information content (AvgIpc) is 2.87. The van der Waals surface area contributed by atoms with Crippen LogP contribution in [-0.4, -0.2) is 48.2 Å². The Morgan fingerprint density at radius 3 is 2.34 bits per heavy atom. The van der Waals surface area contributed by atoms with E-state index in [4.69, 9.17) is 44.9 Å². The second-order valence-electron chi connectivity index (χ2n) is 11.4. The molecule has 5 nitrogen and oxygen atoms in total. The molecule has 0 aliphatic carbocycles. The van der Waals surface area contributed by atoms with Gasteiger partial charge in [0.2, 0.25) is 0 Å². The Hall–Kier alpha value is -2.07. The van der Waals surface area contributed by atoms with Gasteiger partial charge in [-0.25, -0.2) is 0 Å². The van der Waals surface area contributed by atoms with Crippen molar-refractivity contribution in [3.8, 4) is 5.75 Å². The maximum Gasteiger partial charge on any atom is 0.418 e. The van der Waals surface area contributed by atoms with Gasteiger partial charge in [-0.2, -0.15) is 13.2 Å². The summed E-state index contributed by atoms with van der Waals surface area (Å²) in [5.74, 6) is 0.0333. The summed E-state index contributed by atoms with van der Waals surface area (Å²) in [6, 6.07) is 7.66. The van der Waals surface area contributed by atoms with Crippen molar-refractivity contribution in [2.45, 2.75) is 71.1 Å². The van der Waals surface area contributed by atoms with Crippen LogP contribution in [0.4, 0.5) is 18.9 Å². The number of carbonyl (C=O) groups is 1. The second kappa shape index (κ2) is 13.9. The number of benzene rings is 2. The van der Waals surface area contributed by atoms with Crippen molar-refractivity contribution < 1.29 is 27.4 Å². The first-order valence-corrected chi connectivity index (χ1v) is 14.7. The lowest BCUT2D eigenvalue weighted by molar-refractivity contribution is -0.161. The average molecular weight is 634 g/mol. The number of aryl methyl sites for hydroxylation is 1. The van der Waals surface area contributed by atoms with Crippen molar-refractivity contribution in [1.82, 2.24) is 4.90 Å². The molecule has 1 saturated heterocycles. The molecule has 1 aliphatic rings. The molecule has 2 aromatic rings. The van der Waals surface area contributed by atoms with Gasteiger partial charge in [-0.1, -0.05) is 47.6 Å². The van der Waals surface area contributed by atoms with E-state index in [0.717, 1.165) is 62.2 Å². The standard InChI is InChI=1S/C30H37Cl2F3N2O3S/c1-18-8-9-20(15-26(18)39-5)21(27(41)36-25-17-24(32)23(31)16-22(25)30(33,34)35)7-6-12-37-13-10-19(11-14-37)28(38)40-29(2,3)4/h8-9,15-17,19,21H,6-7,10-14H2,1-5H3,(H,36,41). The molecule has 1 heterocycles. The first kappa shape index (κ1) is 33.4. The van der Waals surface area contributed by atoms with Crippen LogP contribution in [0.1, 0.15) is 69.1 Å². The maximum atomic E-state index is 13.8. The zero-order valence-corrected chi connectivity index (χ0v) is 26.3. The minimum Gasteiger partial charge on any atom is -0.496 e. The fourth-order valence-electron chi connectivity index (χ4n) is 4.90. The van der Waals surface area contributed by atoms with E-state index < -0.39 is 17.3 Å². The third-order valence-electron chi connectivity index (χ3n) is 7.07. The monoisotopic (exact) mass is 632 g/mol. The van der Waals surface area contributed by atoms with Crippen molar-refractivity contribution >= 4 is 52.1 Å². The fourth-order valence-corrected chi connectivity index (χ4v) is 5.59. The Kier molecular flexibility index (Phi) is 11.4. The number of halogens is 5. The van der Waals surface area contributed by atoms with Gasteiger partial charge in [0.15, 0.2) is 0 Å². The summed E-state index contributed by atoms with van der Waals surface area (Å²) >= 11 is 17.7. The molecule has 0 radical (unpaired) electrons. The van der Waals surface area contributed by atoms with Gasteiger partial charge < -0.3 is 19.7 Å². The van der Waals surface area contributed by atoms with Gasteiger partial charge in [-0.05, 0) is 102 Å². The van der Waals surface area contributed by atoms with Crippen LogP contribution >= 0.6 is 35.4 Å². The van der Waals surface area contributed by atoms with Crippen LogP contribution < -0.4 is 10.1 Å². The number of likely N-dealkylation sites (tertiary alicyclic amines) is 1. The van der Waals surface area contributed by atoms with Crippen molar-refractivity contribution in [3.05, 3.63) is 57.1 Å². The SMILES string of the molecule is COc1cc(C(CCCN2CCC(C(=O)OC(C)(C)C)CC2)C(=S)Nc2cc(Cl)c(Cl)cc2C(F)(F)F)ccc1C. The van der Waals surface area contributed by atoms with Crippen LogP contribution in [0.15, 0.2) is 30.3 Å². The van der Waals surface area contributed by atoms with Crippen LogP contribution in [0.3, 0.4) is 0 Å². The van der Waals surface area contributed by atoms with Gasteiger partial charge in [-0.3, -0.25) is 4.79 Å². The molecule has 1 aliphatic heterocycles. The van der Waals surface area contributed by atoms with Crippen molar-refractivity contribution in [1.29, 1.82) is 0 Å². The molecular weight excluding hydrogens is 596 g/mol. The van der Waals surface area contributed by atoms with Crippen LogP contribution in [0.5, 0.6) is 5.75 Å². The number of esters is 1. The molecule has 0 amide bonds. The number of thiocarbonyl (C=S) groups is 1. The summed E-state index contributed by atoms with van der Waals surface area (Å²) in [7, 11) is 1.57. The predicted molar refractivity (Wildman–Crippen MR) is 162 cm³/mol. The Bertz CT molecular complexity index is 1240. The number of hydrogen-bond acceptors (Lipinski definition) is 5. The van der Waals surface area contributed by atoms with Crippen LogP contribution in [0.25, 0.3) is 0 Å². The Morgan fingerprint density at radius 1 is 1.12 bits per heavy atom. The second-order valence-corrected chi connectivity index (χ2v) is 12.6. The maximum absolute atomic E-state index is 13.8. The van der Waals surface area contributed by atoms with Gasteiger partial charge in [0.1, 0.15) is 11.4 Å². The van der Waals surface area contributed by atoms with E-state index in [1.165, 1.54) is 0 Å². The summed E-state index contributed by atoms with van der Waals surface area (Å²) in [5.41, 5.74) is 0.0762. The highest BCUT2D eigenvalue weighted by Crippen LogP contribution is 2.40. The number of methoxy groups -OCH3 is 1. The van der Waals surface area contributed by atoms with E-state index in [1.807, 2.05) is 45.9 Å². The molecule has 0 saturated carbocycles. The highest BCUT2D eigenvalue weighted by molar-refractivity contribution is 7.80. The van der Waals surface area contributed by atoms with Crippen LogP contribution in [0.2, 0.25) is 10.0 Å². The van der Waals surface area contributed by atoms with E-state index in [0.29, 0.717) is 12.2 Å². The van der Waals surface area contributed by atoms with Gasteiger partial charge in [0, 0.05) is 5.92 Å². The van der Waals surface area contributed by atoms with Gasteiger partial charge in [0.25, 0.3) is 0 Å². The normalized spacial score (nSPS) is 15.9. The molecule has 0 bridgehead atoms. The number of carbonyl (C=O) groups excluding carboxylic acids is 1. The fraction of sp³-hybridized carbons (Fsp3) is 0.533. The lowest BCUT2D eigenvalue weighted by Crippen LogP contribution is -2.39. The van der Waals surface area contributed by atoms with Crippen molar-refractivity contribution in [2.75, 3.05) is 32.1 Å². The highest BCUT2D eigenvalue weighted by atomic mass is 35.5. The minimum absolute atomic E-state index is 0.00620. The molecule has 2 aromatic carbocycles. The molecule has 1 unspecified atom stereocenters. The first-order valence-electron chi connectivity index (χ1n) is 13.6. The van der Waals surface area contributed by atoms with E-state index >= 15 is 0 Å². The molecule has 0 aromatic heterocycles. The largest absolute Gasteiger partial charge is 0.496 e. The summed E-state index contributed by atoms with van der Waals surface area (Å²) < 4.78 is 52.5. The summed E-state index contributed by atoms with van der Waals surface area (Å²) in [4.78, 5) is 15.0. The highest BCUT2D eigenvalue weighted by Gasteiger charge is 2.35. The minimum atomic E-state index is -4.65. The van der Waals surface area contributed by atoms with Gasteiger partial charge in [-0.15, -0.1) is 0 Å². The zero-order valence-electron chi connectivity index (χ0n) is 24.0. The summed E-state index contributed by atoms with van der Waals surface area (Å²) in [6.07, 6.45) is -1.86. The van der Waals surface area contributed by atoms with E-state index in [1.54, 1.807) is 7.11 Å². The number of nitrogens with one attached hydrogen (secondary N) is 1. The summed E-state index contributed by atoms with van der Waals surface area (Å²) in [5, 5.41) is 2.63. The Balaban J connectivity index is 1.73. The van der Waals surface area contributed by atoms with E-state index in [2.05, 4.69) is 10.2 Å². The molecule has 1 fully saturated rings. The van der Waals surface area contributed by atoms with E-state index in [9.17, 15) is 18.0 Å². The van der Waals surface area contributed by atoms with Crippen molar-refractivity contribution in [2.24, 2.45) is 5.92 Å². The Labute approximate surface area is 255 Å². The molecule has 0 spiro atoms. The summed E-state index contributed by atoms with van der Waals surface area (Å²) in [6.45, 7) is 9.83. The van der Waals surface area contributed by atoms with Crippen LogP contribution in [-0.2, 0) is 15.7 Å². The molecule has 1 atom stereocenters. The smallest absolute Gasteiger partial charge is 0.418 e. The third kappa shape index (κ3) is 9.46. The molecule has 41 heavy (non-hydrogen) atoms. The molecule has 1 N–H and O–H groups in total. The van der Waals surface area contributed by atoms with Crippen molar-refractivity contribution in [3.63, 3.8) is 0 Å². The molecule has 226 valence electrons. The number of ether oxygens (including phenoxy) is 2. The van der Waals surface area contributed by atoms with Gasteiger partial charge >= 0.3 is 12.1 Å². The number of nitrogens with zero attached hydrogens (tertiary/aromatic N) is 1. The molecule has 11 heteroatoms. The number of hydrogen-bond donors (Lipinski definition) is 1. The van der Waals surface area contributed by atoms with Crippen LogP contribution in [0, 0.1) is 12.8 Å². The predicted octanol–water partition coefficient (Wildman–Crippen LogP) is 8.69. The number of rotatable bonds is 9. The third-order valence-corrected chi connectivity index (χ3v) is 8.18. The number of alkyl halides is 3. The van der Waals surface area contributed by atoms with E-state index in [-0.39, 0.29) is 38.5 Å². The molecule has 3 rings (SSSR count). The van der Waals surface area contributed by atoms with Gasteiger partial charge in [0.05, 0.1) is 39.3 Å². The Morgan fingerprint density at radius 2 is 1.76 bits per heavy atom. The topological polar surface area (TPSA) is 50.8 Å². The lowest BCUT2D eigenvalue weighted by atomic mass is 9.92. The molecular formula is C30H37Cl2F3N2O3S. The lowest BCUT2D eigenvalue weighted by Gasteiger charge is -2.32. The number of piperidine rings is 1. The quantitative estimate of drug-likeness (QED) is 0.220.